The highest BCUT2D eigenvalue weighted by Crippen LogP contribution is 2.34. The second-order valence-corrected chi connectivity index (χ2v) is 11.7. The second-order valence-electron chi connectivity index (χ2n) is 11.7. The molecule has 0 saturated heterocycles. The average Bonchev–Trinajstić information content (AvgIpc) is 2.78. The maximum Gasteiger partial charge on any atom is 0.346 e. The Labute approximate surface area is 213 Å². The van der Waals surface area contributed by atoms with Gasteiger partial charge >= 0.3 is 11.9 Å². The molecule has 0 aromatic rings. The molecular formula is C29H50O6. The van der Waals surface area contributed by atoms with Gasteiger partial charge in [-0.2, -0.15) is 9.78 Å². The van der Waals surface area contributed by atoms with Gasteiger partial charge in [0.1, 0.15) is 11.2 Å². The lowest BCUT2D eigenvalue weighted by atomic mass is 9.76. The standard InChI is InChI=1S/C29H50O6/c1-8-24-21-20-23(22-25(24)27(31)33-35-29(5,6)7)18-16-14-12-10-9-11-13-15-17-19-26(30)32-34-28(2,3)4/h12,14,20-21,23-25H,8-11,13,15-19,22H2,1-7H3/b14-12+. The minimum atomic E-state index is -0.499. The number of unbranched alkanes of at least 4 members (excludes halogenated alkanes) is 5. The third-order valence-corrected chi connectivity index (χ3v) is 5.86. The largest absolute Gasteiger partial charge is 0.346 e. The topological polar surface area (TPSA) is 71.1 Å². The summed E-state index contributed by atoms with van der Waals surface area (Å²) in [6.45, 7) is 13.3. The van der Waals surface area contributed by atoms with Crippen molar-refractivity contribution in [3.05, 3.63) is 24.3 Å². The Bertz CT molecular complexity index is 668. The molecule has 0 saturated carbocycles. The van der Waals surface area contributed by atoms with Crippen molar-refractivity contribution in [3.63, 3.8) is 0 Å². The van der Waals surface area contributed by atoms with Crippen LogP contribution in [-0.4, -0.2) is 23.1 Å². The minimum absolute atomic E-state index is 0.130. The number of carbonyl (C=O) groups is 2. The van der Waals surface area contributed by atoms with Crippen LogP contribution in [-0.2, 0) is 29.1 Å². The third-order valence-electron chi connectivity index (χ3n) is 5.86. The zero-order valence-electron chi connectivity index (χ0n) is 23.3. The fraction of sp³-hybridized carbons (Fsp3) is 0.793. The maximum absolute atomic E-state index is 12.6. The summed E-state index contributed by atoms with van der Waals surface area (Å²) in [5.41, 5.74) is -0.965. The van der Waals surface area contributed by atoms with Crippen LogP contribution >= 0.6 is 0 Å². The highest BCUT2D eigenvalue weighted by molar-refractivity contribution is 5.72. The predicted octanol–water partition coefficient (Wildman–Crippen LogP) is 7.82. The molecule has 0 spiro atoms. The summed E-state index contributed by atoms with van der Waals surface area (Å²) in [6, 6.07) is 0. The Morgan fingerprint density at radius 2 is 1.43 bits per heavy atom. The first-order valence-electron chi connectivity index (χ1n) is 13.5. The lowest BCUT2D eigenvalue weighted by molar-refractivity contribution is -0.324. The molecule has 35 heavy (non-hydrogen) atoms. The first kappa shape index (κ1) is 31.4. The number of rotatable bonds is 15. The lowest BCUT2D eigenvalue weighted by Crippen LogP contribution is -2.32. The monoisotopic (exact) mass is 494 g/mol. The van der Waals surface area contributed by atoms with E-state index < -0.39 is 11.2 Å². The lowest BCUT2D eigenvalue weighted by Gasteiger charge is -2.30. The van der Waals surface area contributed by atoms with Gasteiger partial charge in [-0.3, -0.25) is 9.78 Å². The molecule has 3 unspecified atom stereocenters. The highest BCUT2D eigenvalue weighted by atomic mass is 17.2. The van der Waals surface area contributed by atoms with Crippen molar-refractivity contribution in [1.29, 1.82) is 0 Å². The molecule has 1 aliphatic rings. The molecule has 0 heterocycles. The van der Waals surface area contributed by atoms with Crippen molar-refractivity contribution in [2.45, 2.75) is 130 Å². The van der Waals surface area contributed by atoms with Gasteiger partial charge in [0.05, 0.1) is 5.92 Å². The molecule has 202 valence electrons. The van der Waals surface area contributed by atoms with Crippen molar-refractivity contribution in [3.8, 4) is 0 Å². The van der Waals surface area contributed by atoms with Gasteiger partial charge in [-0.1, -0.05) is 50.5 Å². The first-order chi connectivity index (χ1) is 16.4. The van der Waals surface area contributed by atoms with E-state index in [9.17, 15) is 9.59 Å². The molecule has 1 rings (SSSR count). The van der Waals surface area contributed by atoms with Crippen molar-refractivity contribution in [2.75, 3.05) is 0 Å². The molecule has 0 N–H and O–H groups in total. The van der Waals surface area contributed by atoms with Crippen LogP contribution in [0.15, 0.2) is 24.3 Å². The smallest absolute Gasteiger partial charge is 0.298 e. The molecule has 0 aromatic heterocycles. The van der Waals surface area contributed by atoms with Gasteiger partial charge in [0.2, 0.25) is 0 Å². The zero-order valence-corrected chi connectivity index (χ0v) is 23.3. The summed E-state index contributed by atoms with van der Waals surface area (Å²) >= 11 is 0. The maximum atomic E-state index is 12.6. The van der Waals surface area contributed by atoms with Crippen molar-refractivity contribution in [2.24, 2.45) is 17.8 Å². The zero-order chi connectivity index (χ0) is 26.3. The van der Waals surface area contributed by atoms with Crippen molar-refractivity contribution >= 4 is 11.9 Å². The van der Waals surface area contributed by atoms with E-state index in [0.717, 1.165) is 57.8 Å². The van der Waals surface area contributed by atoms with E-state index in [4.69, 9.17) is 19.6 Å². The number of allylic oxidation sites excluding steroid dienone is 4. The molecule has 0 aliphatic heterocycles. The van der Waals surface area contributed by atoms with Crippen LogP contribution in [0.25, 0.3) is 0 Å². The molecular weight excluding hydrogens is 444 g/mol. The molecule has 0 aromatic carbocycles. The van der Waals surface area contributed by atoms with E-state index in [2.05, 4.69) is 31.2 Å². The van der Waals surface area contributed by atoms with Crippen LogP contribution in [0.2, 0.25) is 0 Å². The van der Waals surface area contributed by atoms with Gasteiger partial charge in [-0.15, -0.1) is 0 Å². The fourth-order valence-corrected chi connectivity index (χ4v) is 3.97. The number of carbonyl (C=O) groups excluding carboxylic acids is 2. The van der Waals surface area contributed by atoms with E-state index in [0.29, 0.717) is 12.3 Å². The second kappa shape index (κ2) is 16.2. The van der Waals surface area contributed by atoms with Gasteiger partial charge in [0.15, 0.2) is 0 Å². The quantitative estimate of drug-likeness (QED) is 0.1000. The summed E-state index contributed by atoms with van der Waals surface area (Å²) in [4.78, 5) is 44.4. The number of hydrogen-bond donors (Lipinski definition) is 0. The Kier molecular flexibility index (Phi) is 14.5. The van der Waals surface area contributed by atoms with Gasteiger partial charge < -0.3 is 0 Å². The summed E-state index contributed by atoms with van der Waals surface area (Å²) in [6.07, 6.45) is 19.6. The average molecular weight is 495 g/mol. The van der Waals surface area contributed by atoms with Crippen LogP contribution in [0.4, 0.5) is 0 Å². The number of hydrogen-bond acceptors (Lipinski definition) is 6. The summed E-state index contributed by atoms with van der Waals surface area (Å²) in [5.74, 6) is -0.0428. The first-order valence-corrected chi connectivity index (χ1v) is 13.5. The summed E-state index contributed by atoms with van der Waals surface area (Å²) < 4.78 is 0. The molecule has 0 bridgehead atoms. The van der Waals surface area contributed by atoms with Gasteiger partial charge in [0.25, 0.3) is 0 Å². The van der Waals surface area contributed by atoms with Crippen LogP contribution in [0.1, 0.15) is 119 Å². The molecule has 1 aliphatic carbocycles. The Balaban J connectivity index is 2.15. The van der Waals surface area contributed by atoms with Gasteiger partial charge in [0, 0.05) is 6.42 Å². The van der Waals surface area contributed by atoms with E-state index >= 15 is 0 Å². The SMILES string of the molecule is CCC1C=CC(CC/C=C/CCCCCCCC(=O)OOC(C)(C)C)CC1C(=O)OOC(C)(C)C. The Hall–Kier alpha value is -1.66. The normalized spacial score (nSPS) is 20.8. The Morgan fingerprint density at radius 3 is 2.09 bits per heavy atom. The highest BCUT2D eigenvalue weighted by Gasteiger charge is 2.33. The molecule has 3 atom stereocenters. The molecule has 0 radical (unpaired) electrons. The van der Waals surface area contributed by atoms with Gasteiger partial charge in [-0.25, -0.2) is 9.59 Å². The Morgan fingerprint density at radius 1 is 0.829 bits per heavy atom. The molecule has 6 nitrogen and oxygen atoms in total. The summed E-state index contributed by atoms with van der Waals surface area (Å²) in [7, 11) is 0. The predicted molar refractivity (Wildman–Crippen MR) is 139 cm³/mol. The van der Waals surface area contributed by atoms with E-state index in [1.165, 1.54) is 6.42 Å². The molecule has 0 fully saturated rings. The van der Waals surface area contributed by atoms with Crippen LogP contribution in [0, 0.1) is 17.8 Å². The van der Waals surface area contributed by atoms with Crippen molar-refractivity contribution < 1.29 is 29.1 Å². The van der Waals surface area contributed by atoms with Crippen LogP contribution in [0.5, 0.6) is 0 Å². The molecule has 6 heteroatoms. The van der Waals surface area contributed by atoms with E-state index in [1.807, 2.05) is 41.5 Å². The van der Waals surface area contributed by atoms with E-state index in [1.54, 1.807) is 0 Å². The summed E-state index contributed by atoms with van der Waals surface area (Å²) in [5, 5.41) is 0. The third kappa shape index (κ3) is 15.8. The van der Waals surface area contributed by atoms with Crippen molar-refractivity contribution in [1.82, 2.24) is 0 Å². The fourth-order valence-electron chi connectivity index (χ4n) is 3.97. The van der Waals surface area contributed by atoms with Gasteiger partial charge in [-0.05, 0) is 98.3 Å². The van der Waals surface area contributed by atoms with Crippen LogP contribution < -0.4 is 0 Å². The molecule has 0 amide bonds. The van der Waals surface area contributed by atoms with E-state index in [-0.39, 0.29) is 23.8 Å². The van der Waals surface area contributed by atoms with Crippen LogP contribution in [0.3, 0.4) is 0 Å². The minimum Gasteiger partial charge on any atom is -0.298 e.